The van der Waals surface area contributed by atoms with Crippen LogP contribution in [0.5, 0.6) is 0 Å². The molecule has 0 saturated carbocycles. The largest absolute Gasteiger partial charge is 0.476 e. The van der Waals surface area contributed by atoms with Gasteiger partial charge in [-0.2, -0.15) is 18.3 Å². The van der Waals surface area contributed by atoms with Gasteiger partial charge in [0.15, 0.2) is 11.5 Å². The number of hydrogen-bond donors (Lipinski definition) is 2. The van der Waals surface area contributed by atoms with E-state index in [1.165, 1.54) is 0 Å². The van der Waals surface area contributed by atoms with Gasteiger partial charge >= 0.3 is 12.1 Å². The third-order valence-corrected chi connectivity index (χ3v) is 2.73. The van der Waals surface area contributed by atoms with Crippen LogP contribution in [-0.2, 0) is 6.18 Å². The van der Waals surface area contributed by atoms with Crippen LogP contribution in [0.2, 0.25) is 0 Å². The van der Waals surface area contributed by atoms with E-state index in [9.17, 15) is 18.0 Å². The second-order valence-corrected chi connectivity index (χ2v) is 4.62. The molecule has 0 aromatic carbocycles. The molecule has 0 fully saturated rings. The van der Waals surface area contributed by atoms with E-state index in [1.54, 1.807) is 0 Å². The highest BCUT2D eigenvalue weighted by Gasteiger charge is 2.35. The number of nitrogen functional groups attached to an aromatic ring is 1. The van der Waals surface area contributed by atoms with Gasteiger partial charge in [0.2, 0.25) is 0 Å². The first-order chi connectivity index (χ1) is 9.20. The maximum absolute atomic E-state index is 12.9. The van der Waals surface area contributed by atoms with E-state index in [0.29, 0.717) is 4.68 Å². The Hall–Kier alpha value is -2.10. The molecule has 2 aromatic heterocycles. The minimum atomic E-state index is -4.67. The molecule has 3 N–H and O–H groups in total. The molecule has 106 valence electrons. The molecule has 0 unspecified atom stereocenters. The minimum absolute atomic E-state index is 0.132. The van der Waals surface area contributed by atoms with E-state index in [0.717, 1.165) is 18.5 Å². The van der Waals surface area contributed by atoms with Gasteiger partial charge in [-0.3, -0.25) is 0 Å². The van der Waals surface area contributed by atoms with Gasteiger partial charge in [0.1, 0.15) is 5.56 Å². The Bertz CT molecular complexity index is 684. The van der Waals surface area contributed by atoms with Crippen molar-refractivity contribution in [2.24, 2.45) is 0 Å². The molecule has 0 aliphatic carbocycles. The van der Waals surface area contributed by atoms with Crippen LogP contribution in [0, 0.1) is 0 Å². The second-order valence-electron chi connectivity index (χ2n) is 3.71. The summed E-state index contributed by atoms with van der Waals surface area (Å²) in [6.07, 6.45) is -2.56. The molecule has 0 aliphatic heterocycles. The predicted octanol–water partition coefficient (Wildman–Crippen LogP) is 2.33. The van der Waals surface area contributed by atoms with Crippen molar-refractivity contribution >= 4 is 27.6 Å². The molecule has 0 radical (unpaired) electrons. The molecular weight excluding hydrogens is 345 g/mol. The molecular formula is C10H6BrF3N4O2. The van der Waals surface area contributed by atoms with Crippen LogP contribution in [0.15, 0.2) is 22.9 Å². The average molecular weight is 351 g/mol. The van der Waals surface area contributed by atoms with Crippen molar-refractivity contribution in [3.8, 4) is 5.82 Å². The van der Waals surface area contributed by atoms with Crippen molar-refractivity contribution in [2.75, 3.05) is 5.73 Å². The Kier molecular flexibility index (Phi) is 3.42. The highest BCUT2D eigenvalue weighted by Crippen LogP contribution is 2.34. The summed E-state index contributed by atoms with van der Waals surface area (Å²) in [7, 11) is 0. The van der Waals surface area contributed by atoms with Gasteiger partial charge in [0.05, 0.1) is 11.9 Å². The normalized spacial score (nSPS) is 11.6. The summed E-state index contributed by atoms with van der Waals surface area (Å²) >= 11 is 2.89. The van der Waals surface area contributed by atoms with Gasteiger partial charge in [-0.15, -0.1) is 0 Å². The minimum Gasteiger partial charge on any atom is -0.476 e. The third kappa shape index (κ3) is 2.59. The number of alkyl halides is 3. The van der Waals surface area contributed by atoms with E-state index in [1.807, 2.05) is 0 Å². The zero-order valence-electron chi connectivity index (χ0n) is 9.52. The number of aromatic nitrogens is 3. The number of halogens is 4. The van der Waals surface area contributed by atoms with Crippen LogP contribution in [0.3, 0.4) is 0 Å². The summed E-state index contributed by atoms with van der Waals surface area (Å²) < 4.78 is 39.6. The van der Waals surface area contributed by atoms with E-state index in [-0.39, 0.29) is 10.2 Å². The van der Waals surface area contributed by atoms with Crippen molar-refractivity contribution in [1.29, 1.82) is 0 Å². The molecule has 0 atom stereocenters. The number of anilines is 1. The van der Waals surface area contributed by atoms with Crippen LogP contribution in [0.25, 0.3) is 5.82 Å². The predicted molar refractivity (Wildman–Crippen MR) is 65.4 cm³/mol. The maximum Gasteiger partial charge on any atom is 0.420 e. The molecule has 2 rings (SSSR count). The molecule has 0 bridgehead atoms. The van der Waals surface area contributed by atoms with Gasteiger partial charge in [-0.1, -0.05) is 0 Å². The summed E-state index contributed by atoms with van der Waals surface area (Å²) in [5.74, 6) is -1.99. The standard InChI is InChI=1S/C10H6BrF3N4O2/c11-4-1-5(10(12,13)14)8(16-2-4)18-3-6(15)7(17-18)9(19)20/h1-3H,15H2,(H,19,20). The summed E-state index contributed by atoms with van der Waals surface area (Å²) in [6, 6.07) is 0.820. The van der Waals surface area contributed by atoms with Crippen molar-refractivity contribution in [2.45, 2.75) is 6.18 Å². The molecule has 20 heavy (non-hydrogen) atoms. The number of carbonyl (C=O) groups is 1. The number of carboxylic acids is 1. The summed E-state index contributed by atoms with van der Waals surface area (Å²) in [5.41, 5.74) is 3.53. The van der Waals surface area contributed by atoms with E-state index in [4.69, 9.17) is 10.8 Å². The van der Waals surface area contributed by atoms with Crippen LogP contribution in [0.1, 0.15) is 16.1 Å². The monoisotopic (exact) mass is 350 g/mol. The molecule has 2 aromatic rings. The SMILES string of the molecule is Nc1cn(-c2ncc(Br)cc2C(F)(F)F)nc1C(=O)O. The number of pyridine rings is 1. The Morgan fingerprint density at radius 3 is 2.60 bits per heavy atom. The molecule has 0 spiro atoms. The fourth-order valence-corrected chi connectivity index (χ4v) is 1.82. The lowest BCUT2D eigenvalue weighted by molar-refractivity contribution is -0.137. The van der Waals surface area contributed by atoms with Gasteiger partial charge < -0.3 is 10.8 Å². The Morgan fingerprint density at radius 2 is 2.10 bits per heavy atom. The van der Waals surface area contributed by atoms with Gasteiger partial charge in [0.25, 0.3) is 0 Å². The topological polar surface area (TPSA) is 94.0 Å². The smallest absolute Gasteiger partial charge is 0.420 e. The lowest BCUT2D eigenvalue weighted by Crippen LogP contribution is -2.13. The van der Waals surface area contributed by atoms with Crippen LogP contribution < -0.4 is 5.73 Å². The lowest BCUT2D eigenvalue weighted by atomic mass is 10.2. The van der Waals surface area contributed by atoms with Crippen LogP contribution in [-0.4, -0.2) is 25.8 Å². The number of rotatable bonds is 2. The number of nitrogens with two attached hydrogens (primary N) is 1. The van der Waals surface area contributed by atoms with E-state index < -0.39 is 29.2 Å². The first-order valence-corrected chi connectivity index (χ1v) is 5.81. The Balaban J connectivity index is 2.64. The van der Waals surface area contributed by atoms with E-state index >= 15 is 0 Å². The van der Waals surface area contributed by atoms with Gasteiger partial charge in [0, 0.05) is 10.7 Å². The molecule has 6 nitrogen and oxygen atoms in total. The van der Waals surface area contributed by atoms with Crippen molar-refractivity contribution in [3.05, 3.63) is 34.2 Å². The van der Waals surface area contributed by atoms with E-state index in [2.05, 4.69) is 26.0 Å². The highest BCUT2D eigenvalue weighted by molar-refractivity contribution is 9.10. The summed E-state index contributed by atoms with van der Waals surface area (Å²) in [6.45, 7) is 0. The first-order valence-electron chi connectivity index (χ1n) is 5.01. The maximum atomic E-state index is 12.9. The summed E-state index contributed by atoms with van der Waals surface area (Å²) in [4.78, 5) is 14.4. The number of nitrogens with zero attached hydrogens (tertiary/aromatic N) is 3. The van der Waals surface area contributed by atoms with Gasteiger partial charge in [-0.05, 0) is 22.0 Å². The lowest BCUT2D eigenvalue weighted by Gasteiger charge is -2.11. The number of carboxylic acid groups (broad SMARTS) is 1. The van der Waals surface area contributed by atoms with Crippen LogP contribution >= 0.6 is 15.9 Å². The van der Waals surface area contributed by atoms with Crippen molar-refractivity contribution < 1.29 is 23.1 Å². The van der Waals surface area contributed by atoms with Crippen molar-refractivity contribution in [3.63, 3.8) is 0 Å². The highest BCUT2D eigenvalue weighted by atomic mass is 79.9. The fourth-order valence-electron chi connectivity index (χ4n) is 1.49. The number of aromatic carboxylic acids is 1. The van der Waals surface area contributed by atoms with Crippen molar-refractivity contribution in [1.82, 2.24) is 14.8 Å². The first kappa shape index (κ1) is 14.3. The quantitative estimate of drug-likeness (QED) is 0.866. The third-order valence-electron chi connectivity index (χ3n) is 2.30. The second kappa shape index (κ2) is 4.78. The zero-order valence-corrected chi connectivity index (χ0v) is 11.1. The van der Waals surface area contributed by atoms with Gasteiger partial charge in [-0.25, -0.2) is 14.5 Å². The summed E-state index contributed by atoms with van der Waals surface area (Å²) in [5, 5.41) is 12.3. The Morgan fingerprint density at radius 1 is 1.45 bits per heavy atom. The molecule has 0 aliphatic rings. The number of hydrogen-bond acceptors (Lipinski definition) is 4. The van der Waals surface area contributed by atoms with Crippen LogP contribution in [0.4, 0.5) is 18.9 Å². The molecule has 10 heteroatoms. The Labute approximate surface area is 118 Å². The molecule has 0 amide bonds. The fraction of sp³-hybridized carbons (Fsp3) is 0.100. The molecule has 0 saturated heterocycles. The molecule has 2 heterocycles. The zero-order chi connectivity index (χ0) is 15.1. The average Bonchev–Trinajstić information content (AvgIpc) is 2.70.